The fourth-order valence-electron chi connectivity index (χ4n) is 6.38. The molecule has 1 aliphatic heterocycles. The average molecular weight is 707 g/mol. The molecular formula is C39H46N8O5. The first-order valence-corrected chi connectivity index (χ1v) is 17.6. The van der Waals surface area contributed by atoms with E-state index < -0.39 is 5.91 Å². The minimum absolute atomic E-state index is 0.225. The highest BCUT2D eigenvalue weighted by Crippen LogP contribution is 2.32. The highest BCUT2D eigenvalue weighted by Gasteiger charge is 2.23. The number of benzene rings is 3. The summed E-state index contributed by atoms with van der Waals surface area (Å²) >= 11 is 0. The summed E-state index contributed by atoms with van der Waals surface area (Å²) in [5, 5.41) is 2.97. The molecule has 5 aromatic rings. The molecule has 0 radical (unpaired) electrons. The smallest absolute Gasteiger partial charge is 0.259 e. The van der Waals surface area contributed by atoms with Gasteiger partial charge in [0.2, 0.25) is 5.91 Å². The average Bonchev–Trinajstić information content (AvgIpc) is 3.81. The van der Waals surface area contributed by atoms with Crippen LogP contribution in [-0.4, -0.2) is 101 Å². The lowest BCUT2D eigenvalue weighted by Crippen LogP contribution is -2.47. The second kappa shape index (κ2) is 16.1. The lowest BCUT2D eigenvalue weighted by atomic mass is 10.1. The third kappa shape index (κ3) is 7.94. The maximum atomic E-state index is 13.8. The Labute approximate surface area is 303 Å². The van der Waals surface area contributed by atoms with Crippen LogP contribution in [-0.2, 0) is 11.8 Å². The first-order valence-electron chi connectivity index (χ1n) is 17.6. The number of likely N-dealkylation sites (N-methyl/N-ethyl adjacent to an activating group) is 1. The Kier molecular flexibility index (Phi) is 11.2. The predicted molar refractivity (Wildman–Crippen MR) is 201 cm³/mol. The van der Waals surface area contributed by atoms with Crippen molar-refractivity contribution in [2.24, 2.45) is 7.05 Å². The molecule has 2 N–H and O–H groups in total. The fraction of sp³-hybridized carbons (Fsp3) is 0.359. The molecular weight excluding hydrogens is 660 g/mol. The normalized spacial score (nSPS) is 13.3. The Bertz CT molecular complexity index is 2050. The number of methoxy groups -OCH3 is 1. The quantitative estimate of drug-likeness (QED) is 0.153. The molecule has 1 saturated heterocycles. The molecule has 2 aromatic heterocycles. The van der Waals surface area contributed by atoms with Crippen molar-refractivity contribution in [2.45, 2.75) is 32.6 Å². The van der Waals surface area contributed by atoms with Crippen LogP contribution < -0.4 is 19.7 Å². The van der Waals surface area contributed by atoms with Crippen LogP contribution >= 0.6 is 0 Å². The maximum Gasteiger partial charge on any atom is 0.259 e. The van der Waals surface area contributed by atoms with Gasteiger partial charge in [0.25, 0.3) is 11.8 Å². The molecule has 0 unspecified atom stereocenters. The minimum Gasteiger partial charge on any atom is -0.496 e. The molecule has 13 nitrogen and oxygen atoms in total. The number of aromatic amines is 1. The summed E-state index contributed by atoms with van der Waals surface area (Å²) in [6.07, 6.45) is 6.42. The van der Waals surface area contributed by atoms with Gasteiger partial charge in [0.15, 0.2) is 11.6 Å². The zero-order chi connectivity index (χ0) is 36.8. The van der Waals surface area contributed by atoms with Crippen molar-refractivity contribution in [3.63, 3.8) is 0 Å². The second-order valence-electron chi connectivity index (χ2n) is 13.2. The van der Waals surface area contributed by atoms with Gasteiger partial charge in [-0.1, -0.05) is 12.1 Å². The molecule has 3 heterocycles. The van der Waals surface area contributed by atoms with Crippen LogP contribution in [0.4, 0.5) is 11.4 Å². The number of hydrogen-bond donors (Lipinski definition) is 2. The van der Waals surface area contributed by atoms with E-state index in [0.29, 0.717) is 52.9 Å². The summed E-state index contributed by atoms with van der Waals surface area (Å²) in [7, 11) is 7.13. The van der Waals surface area contributed by atoms with Gasteiger partial charge in [-0.05, 0) is 81.3 Å². The van der Waals surface area contributed by atoms with Gasteiger partial charge in [0, 0.05) is 64.7 Å². The number of hydrogen-bond acceptors (Lipinski definition) is 8. The van der Waals surface area contributed by atoms with Gasteiger partial charge >= 0.3 is 0 Å². The number of aromatic nitrogens is 4. The van der Waals surface area contributed by atoms with Crippen LogP contribution in [0, 0.1) is 6.92 Å². The second-order valence-corrected chi connectivity index (χ2v) is 13.2. The molecule has 0 saturated carbocycles. The Morgan fingerprint density at radius 1 is 0.962 bits per heavy atom. The highest BCUT2D eigenvalue weighted by atomic mass is 16.5. The number of amides is 3. The third-order valence-corrected chi connectivity index (χ3v) is 9.49. The summed E-state index contributed by atoms with van der Waals surface area (Å²) in [6.45, 7) is 5.88. The summed E-state index contributed by atoms with van der Waals surface area (Å²) in [5.74, 6) is 1.65. The van der Waals surface area contributed by atoms with Crippen molar-refractivity contribution in [3.8, 4) is 23.1 Å². The number of fused-ring (bicyclic) bond motifs is 1. The molecule has 1 aliphatic rings. The number of ether oxygens (including phenoxy) is 2. The fourth-order valence-corrected chi connectivity index (χ4v) is 6.38. The van der Waals surface area contributed by atoms with Gasteiger partial charge in [-0.25, -0.2) is 9.97 Å². The monoisotopic (exact) mass is 706 g/mol. The van der Waals surface area contributed by atoms with Crippen LogP contribution in [0.15, 0.2) is 67.0 Å². The summed E-state index contributed by atoms with van der Waals surface area (Å²) in [4.78, 5) is 57.8. The lowest BCUT2D eigenvalue weighted by Gasteiger charge is -2.32. The molecule has 0 spiro atoms. The molecule has 0 atom stereocenters. The predicted octanol–water partition coefficient (Wildman–Crippen LogP) is 5.52. The number of para-hydroxylation sites is 1. The number of nitrogens with zero attached hydrogens (tertiary/aromatic N) is 6. The van der Waals surface area contributed by atoms with Crippen LogP contribution in [0.25, 0.3) is 22.7 Å². The largest absolute Gasteiger partial charge is 0.496 e. The minimum atomic E-state index is -0.403. The van der Waals surface area contributed by atoms with E-state index in [1.165, 1.54) is 12.0 Å². The number of imidazole rings is 2. The lowest BCUT2D eigenvalue weighted by molar-refractivity contribution is -0.132. The summed E-state index contributed by atoms with van der Waals surface area (Å²) < 4.78 is 13.7. The van der Waals surface area contributed by atoms with E-state index in [1.54, 1.807) is 43.7 Å². The van der Waals surface area contributed by atoms with Crippen molar-refractivity contribution < 1.29 is 23.9 Å². The first-order chi connectivity index (χ1) is 25.1. The number of nitrogens with one attached hydrogen (secondary N) is 2. The zero-order valence-corrected chi connectivity index (χ0v) is 30.4. The Morgan fingerprint density at radius 2 is 1.77 bits per heavy atom. The van der Waals surface area contributed by atoms with Gasteiger partial charge in [0.1, 0.15) is 17.0 Å². The van der Waals surface area contributed by atoms with Gasteiger partial charge in [-0.2, -0.15) is 0 Å². The number of piperazine rings is 1. The van der Waals surface area contributed by atoms with E-state index in [4.69, 9.17) is 14.5 Å². The standard InChI is InChI=1S/C39H46N8O5/c1-26-13-16-30(33(24-26)52-23-8-6-7-12-34(48)47-21-19-44(2)20-22-47)46(4)39(50)27-14-15-28(32(25-27)51-5)38(49)42-29-10-9-11-31-35(29)43-37(45(31)3)36-40-17-18-41-36/h9-11,13-18,24-25H,6-8,12,19-23H2,1-5H3,(H,40,41)(H,42,49). The first kappa shape index (κ1) is 36.1. The number of carbonyl (C=O) groups excluding carboxylic acids is 3. The summed E-state index contributed by atoms with van der Waals surface area (Å²) in [6, 6.07) is 16.1. The molecule has 0 aliphatic carbocycles. The number of unbranched alkanes of at least 4 members (excludes halogenated alkanes) is 2. The van der Waals surface area contributed by atoms with E-state index in [0.717, 1.165) is 56.5 Å². The summed E-state index contributed by atoms with van der Waals surface area (Å²) in [5.41, 5.74) is 4.22. The molecule has 52 heavy (non-hydrogen) atoms. The maximum absolute atomic E-state index is 13.8. The SMILES string of the molecule is COc1cc(C(=O)N(C)c2ccc(C)cc2OCCCCCC(=O)N2CCN(C)CC2)ccc1C(=O)Nc1cccc2c1nc(-c1ncc[nH]1)n2C. The van der Waals surface area contributed by atoms with E-state index in [1.807, 2.05) is 53.8 Å². The van der Waals surface area contributed by atoms with Crippen molar-refractivity contribution in [1.29, 1.82) is 0 Å². The van der Waals surface area contributed by atoms with Crippen molar-refractivity contribution in [2.75, 3.05) is 64.2 Å². The van der Waals surface area contributed by atoms with E-state index in [9.17, 15) is 14.4 Å². The van der Waals surface area contributed by atoms with Gasteiger partial charge in [-0.15, -0.1) is 0 Å². The molecule has 0 bridgehead atoms. The zero-order valence-electron chi connectivity index (χ0n) is 30.4. The number of rotatable bonds is 13. The Balaban J connectivity index is 1.09. The number of carbonyl (C=O) groups is 3. The molecule has 13 heteroatoms. The molecule has 3 amide bonds. The topological polar surface area (TPSA) is 138 Å². The van der Waals surface area contributed by atoms with Crippen LogP contribution in [0.5, 0.6) is 11.5 Å². The van der Waals surface area contributed by atoms with Crippen molar-refractivity contribution in [1.82, 2.24) is 29.3 Å². The molecule has 3 aromatic carbocycles. The van der Waals surface area contributed by atoms with Crippen LogP contribution in [0.3, 0.4) is 0 Å². The highest BCUT2D eigenvalue weighted by molar-refractivity contribution is 6.11. The number of aryl methyl sites for hydroxylation is 2. The van der Waals surface area contributed by atoms with E-state index in [2.05, 4.69) is 27.2 Å². The number of H-pyrrole nitrogens is 1. The van der Waals surface area contributed by atoms with Crippen molar-refractivity contribution in [3.05, 3.63) is 83.7 Å². The van der Waals surface area contributed by atoms with Crippen LogP contribution in [0.2, 0.25) is 0 Å². The molecule has 272 valence electrons. The van der Waals surface area contributed by atoms with E-state index >= 15 is 0 Å². The van der Waals surface area contributed by atoms with E-state index in [-0.39, 0.29) is 23.1 Å². The van der Waals surface area contributed by atoms with Gasteiger partial charge < -0.3 is 39.0 Å². The third-order valence-electron chi connectivity index (χ3n) is 9.49. The molecule has 6 rings (SSSR count). The Morgan fingerprint density at radius 3 is 2.52 bits per heavy atom. The van der Waals surface area contributed by atoms with Crippen molar-refractivity contribution >= 4 is 40.1 Å². The van der Waals surface area contributed by atoms with Gasteiger partial charge in [0.05, 0.1) is 36.2 Å². The Hall–Kier alpha value is -5.69. The van der Waals surface area contributed by atoms with Crippen LogP contribution in [0.1, 0.15) is 52.0 Å². The molecule has 1 fully saturated rings. The van der Waals surface area contributed by atoms with Gasteiger partial charge in [-0.3, -0.25) is 14.4 Å². The number of anilines is 2.